The molecule has 1 rings (SSSR count). The number of likely N-dealkylation sites (N-methyl/N-ethyl adjacent to an activating group) is 1. The average molecular weight is 225 g/mol. The Morgan fingerprint density at radius 2 is 1.94 bits per heavy atom. The highest BCUT2D eigenvalue weighted by atomic mass is 16.5. The van der Waals surface area contributed by atoms with Crippen molar-refractivity contribution in [1.82, 2.24) is 0 Å². The molecule has 0 unspecified atom stereocenters. The van der Waals surface area contributed by atoms with Crippen LogP contribution >= 0.6 is 0 Å². The third-order valence-corrected chi connectivity index (χ3v) is 2.18. The van der Waals surface area contributed by atoms with Crippen LogP contribution in [0.5, 0.6) is 11.5 Å². The van der Waals surface area contributed by atoms with Crippen molar-refractivity contribution in [2.75, 3.05) is 32.7 Å². The summed E-state index contributed by atoms with van der Waals surface area (Å²) in [4.78, 5) is 12.2. The third-order valence-electron chi connectivity index (χ3n) is 2.18. The van der Waals surface area contributed by atoms with Crippen LogP contribution in [0.1, 0.15) is 0 Å². The summed E-state index contributed by atoms with van der Waals surface area (Å²) in [5.41, 5.74) is 0.764. The van der Waals surface area contributed by atoms with Crippen molar-refractivity contribution in [1.29, 1.82) is 0 Å². The molecule has 16 heavy (non-hydrogen) atoms. The van der Waals surface area contributed by atoms with E-state index in [0.29, 0.717) is 11.5 Å². The number of benzene rings is 1. The van der Waals surface area contributed by atoms with Gasteiger partial charge in [-0.25, -0.2) is 0 Å². The summed E-state index contributed by atoms with van der Waals surface area (Å²) in [7, 11) is 4.80. The van der Waals surface area contributed by atoms with E-state index >= 15 is 0 Å². The number of anilines is 1. The molecule has 5 heteroatoms. The standard InChI is InChI=1S/C11H15NO4/c1-12(7-11(13)14)8-4-5-9(15-2)10(6-8)16-3/h4-6H,7H2,1-3H3,(H,13,14). The lowest BCUT2D eigenvalue weighted by Gasteiger charge is -2.18. The lowest BCUT2D eigenvalue weighted by atomic mass is 10.2. The fraction of sp³-hybridized carbons (Fsp3) is 0.364. The summed E-state index contributed by atoms with van der Waals surface area (Å²) in [6.07, 6.45) is 0. The molecule has 1 aromatic rings. The first-order valence-electron chi connectivity index (χ1n) is 4.73. The van der Waals surface area contributed by atoms with E-state index in [2.05, 4.69) is 0 Å². The quantitative estimate of drug-likeness (QED) is 0.816. The van der Waals surface area contributed by atoms with E-state index in [1.165, 1.54) is 0 Å². The van der Waals surface area contributed by atoms with E-state index in [1.54, 1.807) is 44.4 Å². The fourth-order valence-electron chi connectivity index (χ4n) is 1.36. The van der Waals surface area contributed by atoms with Crippen LogP contribution in [-0.4, -0.2) is 38.9 Å². The second kappa shape index (κ2) is 5.25. The Bertz CT molecular complexity index is 378. The van der Waals surface area contributed by atoms with Gasteiger partial charge in [0.05, 0.1) is 14.2 Å². The molecule has 0 saturated carbocycles. The van der Waals surface area contributed by atoms with Crippen molar-refractivity contribution in [3.63, 3.8) is 0 Å². The lowest BCUT2D eigenvalue weighted by molar-refractivity contribution is -0.135. The summed E-state index contributed by atoms with van der Waals surface area (Å²) in [6, 6.07) is 5.26. The Kier molecular flexibility index (Phi) is 3.99. The molecule has 0 aliphatic carbocycles. The predicted molar refractivity (Wildman–Crippen MR) is 60.5 cm³/mol. The molecule has 0 aromatic heterocycles. The molecule has 0 aliphatic rings. The van der Waals surface area contributed by atoms with Gasteiger partial charge in [0.1, 0.15) is 6.54 Å². The Morgan fingerprint density at radius 1 is 1.31 bits per heavy atom. The molecule has 0 spiro atoms. The van der Waals surface area contributed by atoms with Crippen LogP contribution < -0.4 is 14.4 Å². The van der Waals surface area contributed by atoms with Gasteiger partial charge in [0.15, 0.2) is 11.5 Å². The topological polar surface area (TPSA) is 59.0 Å². The van der Waals surface area contributed by atoms with Crippen LogP contribution in [0.25, 0.3) is 0 Å². The molecule has 0 atom stereocenters. The van der Waals surface area contributed by atoms with Gasteiger partial charge in [0, 0.05) is 18.8 Å². The van der Waals surface area contributed by atoms with E-state index in [0.717, 1.165) is 5.69 Å². The van der Waals surface area contributed by atoms with Crippen LogP contribution in [-0.2, 0) is 4.79 Å². The maximum absolute atomic E-state index is 10.6. The van der Waals surface area contributed by atoms with Crippen molar-refractivity contribution >= 4 is 11.7 Å². The molecule has 0 bridgehead atoms. The van der Waals surface area contributed by atoms with Gasteiger partial charge in [-0.2, -0.15) is 0 Å². The number of nitrogens with zero attached hydrogens (tertiary/aromatic N) is 1. The summed E-state index contributed by atoms with van der Waals surface area (Å²) in [6.45, 7) is -0.0600. The minimum atomic E-state index is -0.878. The van der Waals surface area contributed by atoms with Gasteiger partial charge in [0.2, 0.25) is 0 Å². The number of aliphatic carboxylic acids is 1. The molecule has 0 radical (unpaired) electrons. The number of carbonyl (C=O) groups is 1. The van der Waals surface area contributed by atoms with Crippen LogP contribution in [0.4, 0.5) is 5.69 Å². The first kappa shape index (κ1) is 12.2. The van der Waals surface area contributed by atoms with Gasteiger partial charge in [0.25, 0.3) is 0 Å². The summed E-state index contributed by atoms with van der Waals surface area (Å²) >= 11 is 0. The van der Waals surface area contributed by atoms with Gasteiger partial charge in [-0.1, -0.05) is 0 Å². The highest BCUT2D eigenvalue weighted by molar-refractivity contribution is 5.74. The second-order valence-corrected chi connectivity index (χ2v) is 3.29. The van der Waals surface area contributed by atoms with E-state index in [9.17, 15) is 4.79 Å². The van der Waals surface area contributed by atoms with Gasteiger partial charge in [-0.15, -0.1) is 0 Å². The van der Waals surface area contributed by atoms with E-state index < -0.39 is 5.97 Å². The van der Waals surface area contributed by atoms with Crippen LogP contribution in [0.15, 0.2) is 18.2 Å². The molecular formula is C11H15NO4. The zero-order valence-electron chi connectivity index (χ0n) is 9.56. The predicted octanol–water partition coefficient (Wildman–Crippen LogP) is 1.22. The summed E-state index contributed by atoms with van der Waals surface area (Å²) in [5.74, 6) is 0.324. The first-order chi connectivity index (χ1) is 7.58. The Hall–Kier alpha value is -1.91. The zero-order valence-corrected chi connectivity index (χ0v) is 9.56. The van der Waals surface area contributed by atoms with E-state index in [4.69, 9.17) is 14.6 Å². The SMILES string of the molecule is COc1ccc(N(C)CC(=O)O)cc1OC. The van der Waals surface area contributed by atoms with Gasteiger partial charge in [-0.3, -0.25) is 4.79 Å². The number of ether oxygens (including phenoxy) is 2. The average Bonchev–Trinajstić information content (AvgIpc) is 2.27. The number of carboxylic acids is 1. The number of methoxy groups -OCH3 is 2. The normalized spacial score (nSPS) is 9.69. The molecule has 0 amide bonds. The van der Waals surface area contributed by atoms with Crippen molar-refractivity contribution < 1.29 is 19.4 Å². The minimum Gasteiger partial charge on any atom is -0.493 e. The molecule has 1 aromatic carbocycles. The minimum absolute atomic E-state index is 0.0600. The monoisotopic (exact) mass is 225 g/mol. The zero-order chi connectivity index (χ0) is 12.1. The van der Waals surface area contributed by atoms with Crippen molar-refractivity contribution in [2.24, 2.45) is 0 Å². The molecule has 5 nitrogen and oxygen atoms in total. The molecule has 1 N–H and O–H groups in total. The van der Waals surface area contributed by atoms with Crippen molar-refractivity contribution in [2.45, 2.75) is 0 Å². The summed E-state index contributed by atoms with van der Waals surface area (Å²) < 4.78 is 10.2. The smallest absolute Gasteiger partial charge is 0.323 e. The molecular weight excluding hydrogens is 210 g/mol. The van der Waals surface area contributed by atoms with Gasteiger partial charge < -0.3 is 19.5 Å². The molecule has 88 valence electrons. The highest BCUT2D eigenvalue weighted by Gasteiger charge is 2.09. The van der Waals surface area contributed by atoms with Crippen LogP contribution in [0.2, 0.25) is 0 Å². The molecule has 0 fully saturated rings. The molecule has 0 heterocycles. The Balaban J connectivity index is 2.93. The van der Waals surface area contributed by atoms with Crippen LogP contribution in [0, 0.1) is 0 Å². The molecule has 0 saturated heterocycles. The highest BCUT2D eigenvalue weighted by Crippen LogP contribution is 2.30. The van der Waals surface area contributed by atoms with E-state index in [-0.39, 0.29) is 6.54 Å². The van der Waals surface area contributed by atoms with Gasteiger partial charge in [-0.05, 0) is 12.1 Å². The maximum Gasteiger partial charge on any atom is 0.323 e. The number of carboxylic acid groups (broad SMARTS) is 1. The number of hydrogen-bond acceptors (Lipinski definition) is 4. The Labute approximate surface area is 94.2 Å². The van der Waals surface area contributed by atoms with E-state index in [1.807, 2.05) is 0 Å². The maximum atomic E-state index is 10.6. The third kappa shape index (κ3) is 2.79. The largest absolute Gasteiger partial charge is 0.493 e. The van der Waals surface area contributed by atoms with Gasteiger partial charge >= 0.3 is 5.97 Å². The van der Waals surface area contributed by atoms with Crippen LogP contribution in [0.3, 0.4) is 0 Å². The number of hydrogen-bond donors (Lipinski definition) is 1. The van der Waals surface area contributed by atoms with Crippen molar-refractivity contribution in [3.05, 3.63) is 18.2 Å². The molecule has 0 aliphatic heterocycles. The Morgan fingerprint density at radius 3 is 2.44 bits per heavy atom. The van der Waals surface area contributed by atoms with Crippen molar-refractivity contribution in [3.8, 4) is 11.5 Å². The number of rotatable bonds is 5. The lowest BCUT2D eigenvalue weighted by Crippen LogP contribution is -2.24. The summed E-state index contributed by atoms with van der Waals surface area (Å²) in [5, 5.41) is 8.67. The second-order valence-electron chi connectivity index (χ2n) is 3.29. The fourth-order valence-corrected chi connectivity index (χ4v) is 1.36. The first-order valence-corrected chi connectivity index (χ1v) is 4.73.